The van der Waals surface area contributed by atoms with E-state index in [2.05, 4.69) is 4.99 Å². The Bertz CT molecular complexity index is 620. The minimum Gasteiger partial charge on any atom is -0.459 e. The lowest BCUT2D eigenvalue weighted by atomic mass is 10.0. The van der Waals surface area contributed by atoms with Crippen LogP contribution in [0, 0.1) is 5.92 Å². The predicted octanol–water partition coefficient (Wildman–Crippen LogP) is 4.80. The van der Waals surface area contributed by atoms with Gasteiger partial charge in [0.2, 0.25) is 6.08 Å². The molecule has 5 nitrogen and oxygen atoms in total. The molecule has 1 atom stereocenters. The van der Waals surface area contributed by atoms with E-state index in [4.69, 9.17) is 10.5 Å². The molecule has 0 heterocycles. The van der Waals surface area contributed by atoms with Crippen molar-refractivity contribution in [2.24, 2.45) is 16.6 Å². The molecule has 0 aliphatic carbocycles. The molecule has 0 fully saturated rings. The van der Waals surface area contributed by atoms with E-state index in [0.29, 0.717) is 12.3 Å². The fourth-order valence-corrected chi connectivity index (χ4v) is 1.76. The quantitative estimate of drug-likeness (QED) is 0.439. The van der Waals surface area contributed by atoms with Crippen LogP contribution in [0.15, 0.2) is 29.3 Å². The van der Waals surface area contributed by atoms with Crippen molar-refractivity contribution in [3.05, 3.63) is 29.8 Å². The highest BCUT2D eigenvalue weighted by atomic mass is 35.5. The number of nitrogens with zero attached hydrogens (tertiary/aromatic N) is 1. The molecule has 0 aromatic heterocycles. The minimum atomic E-state index is -4.36. The number of isocyanates is 1. The number of esters is 1. The number of hydrogen-bond acceptors (Lipinski definition) is 5. The molecule has 0 amide bonds. The summed E-state index contributed by atoms with van der Waals surface area (Å²) in [6.45, 7) is 9.58. The molecule has 154 valence electrons. The number of benzene rings is 1. The Hall–Kier alpha value is -1.89. The highest BCUT2D eigenvalue weighted by Crippen LogP contribution is 2.30. The zero-order valence-electron chi connectivity index (χ0n) is 16.0. The van der Waals surface area contributed by atoms with Crippen LogP contribution in [0.4, 0.5) is 18.9 Å². The van der Waals surface area contributed by atoms with Crippen molar-refractivity contribution in [1.29, 1.82) is 0 Å². The zero-order chi connectivity index (χ0) is 20.5. The number of rotatable bonds is 4. The van der Waals surface area contributed by atoms with Gasteiger partial charge in [0.05, 0.1) is 11.3 Å². The van der Waals surface area contributed by atoms with Gasteiger partial charge in [0.25, 0.3) is 0 Å². The summed E-state index contributed by atoms with van der Waals surface area (Å²) < 4.78 is 41.1. The number of nitrogens with two attached hydrogens (primary N) is 1. The first-order chi connectivity index (χ1) is 11.8. The summed E-state index contributed by atoms with van der Waals surface area (Å²) in [5, 5.41) is 0. The van der Waals surface area contributed by atoms with Crippen LogP contribution in [0.1, 0.15) is 46.6 Å². The molecule has 9 heteroatoms. The standard InChI is InChI=1S/C10H21NO2.C8H4F3NO.ClH/c1-7(2)6-8(11)9(12)13-10(3,4)5;9-8(10,11)6-1-3-7(4-2-6)12-5-13;/h7-8H,6,11H2,1-5H3;1-4H;1H/t8-;;/m0../s1. The van der Waals surface area contributed by atoms with Crippen molar-refractivity contribution in [1.82, 2.24) is 0 Å². The molecule has 0 aliphatic heterocycles. The van der Waals surface area contributed by atoms with Crippen LogP contribution in [0.25, 0.3) is 0 Å². The van der Waals surface area contributed by atoms with E-state index in [0.717, 1.165) is 24.3 Å². The monoisotopic (exact) mass is 410 g/mol. The third kappa shape index (κ3) is 13.0. The van der Waals surface area contributed by atoms with Crippen molar-refractivity contribution in [3.8, 4) is 0 Å². The maximum Gasteiger partial charge on any atom is 0.416 e. The summed E-state index contributed by atoms with van der Waals surface area (Å²) in [5.41, 5.74) is 4.60. The highest BCUT2D eigenvalue weighted by Gasteiger charge is 2.29. The number of carbonyl (C=O) groups excluding carboxylic acids is 2. The fraction of sp³-hybridized carbons (Fsp3) is 0.556. The van der Waals surface area contributed by atoms with Gasteiger partial charge in [0.1, 0.15) is 11.6 Å². The van der Waals surface area contributed by atoms with Gasteiger partial charge in [-0.1, -0.05) is 13.8 Å². The molecular formula is C18H26ClF3N2O3. The third-order valence-corrected chi connectivity index (χ3v) is 2.80. The zero-order valence-corrected chi connectivity index (χ0v) is 16.8. The van der Waals surface area contributed by atoms with Gasteiger partial charge in [-0.15, -0.1) is 12.4 Å². The van der Waals surface area contributed by atoms with E-state index in [-0.39, 0.29) is 24.1 Å². The van der Waals surface area contributed by atoms with E-state index in [1.807, 2.05) is 34.6 Å². The minimum absolute atomic E-state index is 0. The number of alkyl halides is 3. The Morgan fingerprint density at radius 1 is 1.19 bits per heavy atom. The molecule has 1 aromatic carbocycles. The predicted molar refractivity (Wildman–Crippen MR) is 99.7 cm³/mol. The molecule has 1 aromatic rings. The number of aliphatic imine (C=N–C) groups is 1. The van der Waals surface area contributed by atoms with Gasteiger partial charge in [-0.05, 0) is 57.4 Å². The normalized spacial score (nSPS) is 12.1. The molecule has 0 spiro atoms. The van der Waals surface area contributed by atoms with Crippen LogP contribution < -0.4 is 5.73 Å². The van der Waals surface area contributed by atoms with Gasteiger partial charge in [-0.25, -0.2) is 4.79 Å². The maximum absolute atomic E-state index is 12.0. The van der Waals surface area contributed by atoms with Gasteiger partial charge in [-0.2, -0.15) is 18.2 Å². The van der Waals surface area contributed by atoms with Crippen molar-refractivity contribution < 1.29 is 27.5 Å². The Morgan fingerprint density at radius 2 is 1.67 bits per heavy atom. The van der Waals surface area contributed by atoms with E-state index < -0.39 is 23.4 Å². The average molecular weight is 411 g/mol. The molecule has 1 rings (SSSR count). The van der Waals surface area contributed by atoms with Gasteiger partial charge in [-0.3, -0.25) is 4.79 Å². The Balaban J connectivity index is 0. The topological polar surface area (TPSA) is 81.8 Å². The lowest BCUT2D eigenvalue weighted by Crippen LogP contribution is -2.38. The first-order valence-electron chi connectivity index (χ1n) is 8.00. The van der Waals surface area contributed by atoms with Crippen molar-refractivity contribution in [2.75, 3.05) is 0 Å². The molecule has 0 bridgehead atoms. The van der Waals surface area contributed by atoms with E-state index in [1.54, 1.807) is 0 Å². The number of halogens is 4. The van der Waals surface area contributed by atoms with Gasteiger partial charge >= 0.3 is 12.1 Å². The lowest BCUT2D eigenvalue weighted by Gasteiger charge is -2.22. The van der Waals surface area contributed by atoms with E-state index in [9.17, 15) is 22.8 Å². The Kier molecular flexibility index (Phi) is 11.9. The van der Waals surface area contributed by atoms with Gasteiger partial charge in [0, 0.05) is 0 Å². The lowest BCUT2D eigenvalue weighted by molar-refractivity contribution is -0.156. The Morgan fingerprint density at radius 3 is 2.00 bits per heavy atom. The molecule has 0 saturated carbocycles. The summed E-state index contributed by atoms with van der Waals surface area (Å²) in [5.74, 6) is 0.115. The molecule has 27 heavy (non-hydrogen) atoms. The second-order valence-corrected chi connectivity index (χ2v) is 7.02. The summed E-state index contributed by atoms with van der Waals surface area (Å²) in [7, 11) is 0. The van der Waals surface area contributed by atoms with Crippen LogP contribution in [0.5, 0.6) is 0 Å². The van der Waals surface area contributed by atoms with Crippen LogP contribution in [-0.2, 0) is 20.5 Å². The van der Waals surface area contributed by atoms with Crippen molar-refractivity contribution >= 4 is 30.1 Å². The molecular weight excluding hydrogens is 385 g/mol. The number of ether oxygens (including phenoxy) is 1. The third-order valence-electron chi connectivity index (χ3n) is 2.80. The first kappa shape index (κ1) is 27.3. The van der Waals surface area contributed by atoms with Gasteiger partial charge < -0.3 is 10.5 Å². The van der Waals surface area contributed by atoms with E-state index >= 15 is 0 Å². The smallest absolute Gasteiger partial charge is 0.416 e. The summed E-state index contributed by atoms with van der Waals surface area (Å²) in [6, 6.07) is 3.44. The fourth-order valence-electron chi connectivity index (χ4n) is 1.76. The Labute approximate surface area is 163 Å². The van der Waals surface area contributed by atoms with Crippen molar-refractivity contribution in [2.45, 2.75) is 58.9 Å². The van der Waals surface area contributed by atoms with Crippen LogP contribution in [0.3, 0.4) is 0 Å². The van der Waals surface area contributed by atoms with Crippen LogP contribution >= 0.6 is 12.4 Å². The molecule has 2 N–H and O–H groups in total. The largest absolute Gasteiger partial charge is 0.459 e. The second-order valence-electron chi connectivity index (χ2n) is 7.02. The first-order valence-corrected chi connectivity index (χ1v) is 8.00. The molecule has 0 unspecified atom stereocenters. The van der Waals surface area contributed by atoms with Gasteiger partial charge in [0.15, 0.2) is 0 Å². The molecule has 0 aliphatic rings. The van der Waals surface area contributed by atoms with Crippen molar-refractivity contribution in [3.63, 3.8) is 0 Å². The van der Waals surface area contributed by atoms with Crippen LogP contribution in [0.2, 0.25) is 0 Å². The molecule has 0 radical (unpaired) electrons. The number of carbonyl (C=O) groups is 1. The second kappa shape index (κ2) is 11.7. The number of hydrogen-bond donors (Lipinski definition) is 1. The molecule has 0 saturated heterocycles. The maximum atomic E-state index is 12.0. The summed E-state index contributed by atoms with van der Waals surface area (Å²) >= 11 is 0. The average Bonchev–Trinajstić information content (AvgIpc) is 2.45. The highest BCUT2D eigenvalue weighted by molar-refractivity contribution is 5.85. The summed E-state index contributed by atoms with van der Waals surface area (Å²) in [6.07, 6.45) is -2.45. The SMILES string of the molecule is CC(C)C[C@H](N)C(=O)OC(C)(C)C.Cl.O=C=Nc1ccc(C(F)(F)F)cc1. The van der Waals surface area contributed by atoms with E-state index in [1.165, 1.54) is 6.08 Å². The van der Waals surface area contributed by atoms with Crippen LogP contribution in [-0.4, -0.2) is 23.7 Å². The summed E-state index contributed by atoms with van der Waals surface area (Å²) in [4.78, 5) is 24.2.